The van der Waals surface area contributed by atoms with Gasteiger partial charge in [-0.3, -0.25) is 9.59 Å². The highest BCUT2D eigenvalue weighted by Crippen LogP contribution is 2.49. The Bertz CT molecular complexity index is 1290. The SMILES string of the molecule is CCOc1cc(C2C3=C(CCCC3=O)OC3=C2C(=O)CCC3)cc(I)c1OCc1ccc(C(=O)O)cc1. The number of allylic oxidation sites excluding steroid dienone is 4. The third kappa shape index (κ3) is 5.03. The summed E-state index contributed by atoms with van der Waals surface area (Å²) in [6.45, 7) is 2.53. The highest BCUT2D eigenvalue weighted by molar-refractivity contribution is 14.1. The smallest absolute Gasteiger partial charge is 0.335 e. The van der Waals surface area contributed by atoms with Gasteiger partial charge in [0.25, 0.3) is 0 Å². The van der Waals surface area contributed by atoms with Gasteiger partial charge in [0.05, 0.1) is 15.7 Å². The van der Waals surface area contributed by atoms with E-state index in [9.17, 15) is 14.4 Å². The van der Waals surface area contributed by atoms with Crippen molar-refractivity contribution in [2.45, 2.75) is 58.0 Å². The van der Waals surface area contributed by atoms with E-state index < -0.39 is 11.9 Å². The molecule has 7 nitrogen and oxygen atoms in total. The molecular weight excluding hydrogens is 587 g/mol. The summed E-state index contributed by atoms with van der Waals surface area (Å²) in [5, 5.41) is 9.12. The molecule has 0 amide bonds. The molecule has 0 unspecified atom stereocenters. The molecule has 37 heavy (non-hydrogen) atoms. The largest absolute Gasteiger partial charge is 0.490 e. The minimum atomic E-state index is -0.978. The highest BCUT2D eigenvalue weighted by atomic mass is 127. The Hall–Kier alpha value is -3.14. The summed E-state index contributed by atoms with van der Waals surface area (Å²) in [6, 6.07) is 10.4. The van der Waals surface area contributed by atoms with E-state index >= 15 is 0 Å². The van der Waals surface area contributed by atoms with E-state index in [4.69, 9.17) is 19.3 Å². The number of Topliss-reactive ketones (excluding diaryl/α,β-unsaturated/α-hetero) is 2. The van der Waals surface area contributed by atoms with Crippen LogP contribution >= 0.6 is 22.6 Å². The number of benzene rings is 2. The maximum Gasteiger partial charge on any atom is 0.335 e. The van der Waals surface area contributed by atoms with Crippen molar-refractivity contribution >= 4 is 40.1 Å². The standard InChI is InChI=1S/C29H27IO7/c1-2-35-24-14-18(13-19(30)28(24)36-15-16-9-11-17(12-10-16)29(33)34)25-26-20(31)5-3-7-22(26)37-23-8-4-6-21(32)27(23)25/h9-14,25H,2-8,15H2,1H3,(H,33,34). The molecule has 0 bridgehead atoms. The summed E-state index contributed by atoms with van der Waals surface area (Å²) in [5.74, 6) is 1.13. The Morgan fingerprint density at radius 2 is 1.59 bits per heavy atom. The fourth-order valence-electron chi connectivity index (χ4n) is 5.21. The lowest BCUT2D eigenvalue weighted by atomic mass is 9.73. The van der Waals surface area contributed by atoms with Gasteiger partial charge in [0.2, 0.25) is 0 Å². The second-order valence-corrected chi connectivity index (χ2v) is 10.5. The first kappa shape index (κ1) is 25.5. The summed E-state index contributed by atoms with van der Waals surface area (Å²) in [5.41, 5.74) is 3.06. The van der Waals surface area contributed by atoms with Crippen molar-refractivity contribution in [1.82, 2.24) is 0 Å². The van der Waals surface area contributed by atoms with Crippen molar-refractivity contribution in [1.29, 1.82) is 0 Å². The summed E-state index contributed by atoms with van der Waals surface area (Å²) >= 11 is 2.19. The third-order valence-corrected chi connectivity index (χ3v) is 7.69. The minimum absolute atomic E-state index is 0.0364. The van der Waals surface area contributed by atoms with E-state index in [0.717, 1.165) is 27.5 Å². The zero-order valence-corrected chi connectivity index (χ0v) is 22.6. The molecule has 0 aromatic heterocycles. The van der Waals surface area contributed by atoms with Crippen LogP contribution in [0.15, 0.2) is 59.1 Å². The number of ketones is 2. The van der Waals surface area contributed by atoms with Crippen LogP contribution in [0.1, 0.15) is 72.9 Å². The number of carbonyl (C=O) groups excluding carboxylic acids is 2. The van der Waals surface area contributed by atoms with Gasteiger partial charge in [-0.05, 0) is 77.7 Å². The molecule has 192 valence electrons. The van der Waals surface area contributed by atoms with E-state index in [1.165, 1.54) is 0 Å². The Balaban J connectivity index is 1.52. The summed E-state index contributed by atoms with van der Waals surface area (Å²) in [4.78, 5) is 37.4. The average molecular weight is 614 g/mol. The molecule has 1 heterocycles. The number of carbonyl (C=O) groups is 3. The zero-order chi connectivity index (χ0) is 26.1. The number of rotatable bonds is 7. The second-order valence-electron chi connectivity index (χ2n) is 9.32. The van der Waals surface area contributed by atoms with Crippen molar-refractivity contribution < 1.29 is 33.7 Å². The topological polar surface area (TPSA) is 99.1 Å². The van der Waals surface area contributed by atoms with Crippen LogP contribution in [0.2, 0.25) is 0 Å². The number of hydrogen-bond acceptors (Lipinski definition) is 6. The fourth-order valence-corrected chi connectivity index (χ4v) is 5.99. The van der Waals surface area contributed by atoms with Gasteiger partial charge >= 0.3 is 5.97 Å². The van der Waals surface area contributed by atoms with Crippen LogP contribution in [0.3, 0.4) is 0 Å². The van der Waals surface area contributed by atoms with Crippen LogP contribution in [0.4, 0.5) is 0 Å². The molecule has 2 aromatic carbocycles. The van der Waals surface area contributed by atoms with E-state index in [-0.39, 0.29) is 23.7 Å². The van der Waals surface area contributed by atoms with E-state index in [1.54, 1.807) is 24.3 Å². The molecule has 1 aliphatic heterocycles. The van der Waals surface area contributed by atoms with Gasteiger partial charge in [0.1, 0.15) is 18.1 Å². The molecule has 8 heteroatoms. The monoisotopic (exact) mass is 614 g/mol. The molecule has 0 saturated carbocycles. The molecular formula is C29H27IO7. The van der Waals surface area contributed by atoms with Gasteiger partial charge in [-0.25, -0.2) is 4.79 Å². The van der Waals surface area contributed by atoms with E-state index in [1.807, 2.05) is 19.1 Å². The number of aromatic carboxylic acids is 1. The van der Waals surface area contributed by atoms with Gasteiger partial charge in [0, 0.05) is 42.7 Å². The first-order valence-corrected chi connectivity index (χ1v) is 13.6. The molecule has 0 saturated heterocycles. The average Bonchev–Trinajstić information content (AvgIpc) is 2.87. The third-order valence-electron chi connectivity index (χ3n) is 6.89. The maximum absolute atomic E-state index is 13.1. The van der Waals surface area contributed by atoms with Crippen LogP contribution < -0.4 is 9.47 Å². The number of ether oxygens (including phenoxy) is 3. The van der Waals surface area contributed by atoms with Crippen LogP contribution in [0.5, 0.6) is 11.5 Å². The quantitative estimate of drug-likeness (QED) is 0.377. The fraction of sp³-hybridized carbons (Fsp3) is 0.345. The van der Waals surface area contributed by atoms with Crippen molar-refractivity contribution in [2.75, 3.05) is 6.61 Å². The molecule has 0 atom stereocenters. The van der Waals surface area contributed by atoms with Crippen LogP contribution in [-0.2, 0) is 20.9 Å². The lowest BCUT2D eigenvalue weighted by molar-refractivity contribution is -0.117. The molecule has 3 aliphatic rings. The Labute approximate surface area is 228 Å². The molecule has 0 spiro atoms. The van der Waals surface area contributed by atoms with Crippen LogP contribution in [0, 0.1) is 3.57 Å². The Kier molecular flexibility index (Phi) is 7.37. The minimum Gasteiger partial charge on any atom is -0.490 e. The van der Waals surface area contributed by atoms with E-state index in [0.29, 0.717) is 66.5 Å². The Morgan fingerprint density at radius 3 is 2.16 bits per heavy atom. The molecule has 0 fully saturated rings. The summed E-state index contributed by atoms with van der Waals surface area (Å²) in [6.07, 6.45) is 3.80. The number of carboxylic acids is 1. The lowest BCUT2D eigenvalue weighted by Crippen LogP contribution is -2.30. The van der Waals surface area contributed by atoms with Crippen molar-refractivity contribution in [3.8, 4) is 11.5 Å². The van der Waals surface area contributed by atoms with Crippen molar-refractivity contribution in [2.24, 2.45) is 0 Å². The number of halogens is 1. The highest BCUT2D eigenvalue weighted by Gasteiger charge is 2.42. The first-order valence-electron chi connectivity index (χ1n) is 12.5. The van der Waals surface area contributed by atoms with Crippen LogP contribution in [0.25, 0.3) is 0 Å². The van der Waals surface area contributed by atoms with Crippen molar-refractivity contribution in [3.05, 3.63) is 79.3 Å². The van der Waals surface area contributed by atoms with E-state index in [2.05, 4.69) is 22.6 Å². The van der Waals surface area contributed by atoms with Gasteiger partial charge < -0.3 is 19.3 Å². The lowest BCUT2D eigenvalue weighted by Gasteiger charge is -2.36. The van der Waals surface area contributed by atoms with Gasteiger partial charge in [-0.2, -0.15) is 0 Å². The van der Waals surface area contributed by atoms with Gasteiger partial charge in [0.15, 0.2) is 23.1 Å². The summed E-state index contributed by atoms with van der Waals surface area (Å²) in [7, 11) is 0. The normalized spacial score (nSPS) is 17.8. The molecule has 0 radical (unpaired) electrons. The Morgan fingerprint density at radius 1 is 0.973 bits per heavy atom. The molecule has 2 aromatic rings. The maximum atomic E-state index is 13.1. The summed E-state index contributed by atoms with van der Waals surface area (Å²) < 4.78 is 19.1. The predicted molar refractivity (Wildman–Crippen MR) is 144 cm³/mol. The molecule has 1 N–H and O–H groups in total. The predicted octanol–water partition coefficient (Wildman–Crippen LogP) is 6.10. The molecule has 5 rings (SSSR count). The van der Waals surface area contributed by atoms with Gasteiger partial charge in [-0.1, -0.05) is 12.1 Å². The second kappa shape index (κ2) is 10.7. The van der Waals surface area contributed by atoms with Crippen LogP contribution in [-0.4, -0.2) is 29.2 Å². The van der Waals surface area contributed by atoms with Gasteiger partial charge in [-0.15, -0.1) is 0 Å². The van der Waals surface area contributed by atoms with Crippen molar-refractivity contribution in [3.63, 3.8) is 0 Å². The first-order chi connectivity index (χ1) is 17.9. The zero-order valence-electron chi connectivity index (χ0n) is 20.5. The number of hydrogen-bond donors (Lipinski definition) is 1. The molecule has 2 aliphatic carbocycles. The number of carboxylic acid groups (broad SMARTS) is 1.